The van der Waals surface area contributed by atoms with Crippen molar-refractivity contribution in [2.75, 3.05) is 13.2 Å². The number of hydrogen-bond donors (Lipinski definition) is 2. The third-order valence-electron chi connectivity index (χ3n) is 3.13. The van der Waals surface area contributed by atoms with Gasteiger partial charge in [0.25, 0.3) is 0 Å². The van der Waals surface area contributed by atoms with Crippen molar-refractivity contribution in [2.24, 2.45) is 5.10 Å². The lowest BCUT2D eigenvalue weighted by molar-refractivity contribution is -0.121. The van der Waals surface area contributed by atoms with E-state index in [9.17, 15) is 14.0 Å². The number of rotatable bonds is 7. The molecule has 1 aromatic rings. The third-order valence-corrected chi connectivity index (χ3v) is 3.13. The summed E-state index contributed by atoms with van der Waals surface area (Å²) in [5.74, 6) is 0.0545. The number of nitrogens with one attached hydrogen (secondary N) is 2. The summed E-state index contributed by atoms with van der Waals surface area (Å²) >= 11 is 0. The summed E-state index contributed by atoms with van der Waals surface area (Å²) in [7, 11) is 0. The number of halogens is 1. The number of benzene rings is 1. The largest absolute Gasteiger partial charge is 0.492 e. The molecule has 1 aliphatic rings. The fourth-order valence-electron chi connectivity index (χ4n) is 1.93. The van der Waals surface area contributed by atoms with Gasteiger partial charge in [0, 0.05) is 18.6 Å². The average molecular weight is 307 g/mol. The van der Waals surface area contributed by atoms with Crippen molar-refractivity contribution in [1.82, 2.24) is 10.7 Å². The molecule has 1 aromatic carbocycles. The van der Waals surface area contributed by atoms with Gasteiger partial charge in [-0.15, -0.1) is 0 Å². The van der Waals surface area contributed by atoms with Crippen LogP contribution >= 0.6 is 0 Å². The summed E-state index contributed by atoms with van der Waals surface area (Å²) < 4.78 is 18.1. The molecule has 0 radical (unpaired) electrons. The lowest BCUT2D eigenvalue weighted by Crippen LogP contribution is -2.29. The van der Waals surface area contributed by atoms with E-state index in [1.54, 1.807) is 0 Å². The van der Waals surface area contributed by atoms with Crippen LogP contribution in [-0.2, 0) is 9.59 Å². The molecule has 0 aliphatic carbocycles. The smallest absolute Gasteiger partial charge is 0.240 e. The molecule has 0 saturated carbocycles. The number of hydrogen-bond acceptors (Lipinski definition) is 4. The molecule has 0 aromatic heterocycles. The van der Waals surface area contributed by atoms with Crippen LogP contribution in [0.15, 0.2) is 29.4 Å². The predicted molar refractivity (Wildman–Crippen MR) is 79.0 cm³/mol. The zero-order valence-corrected chi connectivity index (χ0v) is 12.1. The van der Waals surface area contributed by atoms with E-state index in [0.29, 0.717) is 44.6 Å². The van der Waals surface area contributed by atoms with Crippen LogP contribution < -0.4 is 15.5 Å². The molecule has 7 heteroatoms. The number of nitrogens with zero attached hydrogens (tertiary/aromatic N) is 1. The summed E-state index contributed by atoms with van der Waals surface area (Å²) in [5.41, 5.74) is 3.23. The van der Waals surface area contributed by atoms with E-state index in [2.05, 4.69) is 15.8 Å². The second-order valence-corrected chi connectivity index (χ2v) is 4.87. The molecule has 118 valence electrons. The molecule has 0 atom stereocenters. The molecule has 0 unspecified atom stereocenters. The third kappa shape index (κ3) is 5.51. The maximum Gasteiger partial charge on any atom is 0.240 e. The molecular weight excluding hydrogens is 289 g/mol. The predicted octanol–water partition coefficient (Wildman–Crippen LogP) is 1.37. The Kier molecular flexibility index (Phi) is 5.88. The quantitative estimate of drug-likeness (QED) is 0.747. The highest BCUT2D eigenvalue weighted by Gasteiger charge is 2.12. The highest BCUT2D eigenvalue weighted by Crippen LogP contribution is 2.10. The SMILES string of the molecule is O=C(CCC1=NNC(=O)CC1)NCCOc1ccc(F)cc1. The molecule has 22 heavy (non-hydrogen) atoms. The van der Waals surface area contributed by atoms with Crippen LogP contribution in [0.25, 0.3) is 0 Å². The highest BCUT2D eigenvalue weighted by molar-refractivity contribution is 5.94. The molecule has 0 bridgehead atoms. The zero-order chi connectivity index (χ0) is 15.8. The van der Waals surface area contributed by atoms with Crippen molar-refractivity contribution in [3.05, 3.63) is 30.1 Å². The first kappa shape index (κ1) is 15.9. The van der Waals surface area contributed by atoms with E-state index in [1.807, 2.05) is 0 Å². The molecule has 2 amide bonds. The van der Waals surface area contributed by atoms with Gasteiger partial charge in [-0.05, 0) is 37.1 Å². The minimum Gasteiger partial charge on any atom is -0.492 e. The van der Waals surface area contributed by atoms with Crippen LogP contribution in [0.1, 0.15) is 25.7 Å². The standard InChI is InChI=1S/C15H18FN3O3/c16-11-1-5-13(6-2-11)22-10-9-17-14(20)7-3-12-4-8-15(21)19-18-12/h1-2,5-6H,3-4,7-10H2,(H,17,20)(H,19,21). The highest BCUT2D eigenvalue weighted by atomic mass is 19.1. The number of carbonyl (C=O) groups excluding carboxylic acids is 2. The maximum atomic E-state index is 12.7. The first-order valence-electron chi connectivity index (χ1n) is 7.13. The van der Waals surface area contributed by atoms with Gasteiger partial charge in [-0.1, -0.05) is 0 Å². The van der Waals surface area contributed by atoms with Gasteiger partial charge in [0.2, 0.25) is 11.8 Å². The summed E-state index contributed by atoms with van der Waals surface area (Å²) in [6.45, 7) is 0.688. The Morgan fingerprint density at radius 2 is 2.09 bits per heavy atom. The number of amides is 2. The monoisotopic (exact) mass is 307 g/mol. The van der Waals surface area contributed by atoms with E-state index in [4.69, 9.17) is 4.74 Å². The van der Waals surface area contributed by atoms with Gasteiger partial charge in [-0.25, -0.2) is 9.82 Å². The molecule has 0 fully saturated rings. The van der Waals surface area contributed by atoms with Crippen molar-refractivity contribution in [1.29, 1.82) is 0 Å². The first-order valence-corrected chi connectivity index (χ1v) is 7.13. The summed E-state index contributed by atoms with van der Waals surface area (Å²) in [5, 5.41) is 6.64. The van der Waals surface area contributed by atoms with Gasteiger partial charge in [-0.2, -0.15) is 5.10 Å². The normalized spacial score (nSPS) is 14.0. The van der Waals surface area contributed by atoms with Gasteiger partial charge in [-0.3, -0.25) is 9.59 Å². The zero-order valence-electron chi connectivity index (χ0n) is 12.1. The topological polar surface area (TPSA) is 79.8 Å². The molecule has 2 rings (SSSR count). The minimum absolute atomic E-state index is 0.0915. The minimum atomic E-state index is -0.317. The van der Waals surface area contributed by atoms with Crippen molar-refractivity contribution >= 4 is 17.5 Å². The van der Waals surface area contributed by atoms with Gasteiger partial charge >= 0.3 is 0 Å². The molecule has 0 saturated heterocycles. The molecule has 6 nitrogen and oxygen atoms in total. The van der Waals surface area contributed by atoms with E-state index in [0.717, 1.165) is 5.71 Å². The van der Waals surface area contributed by atoms with Crippen molar-refractivity contribution in [3.63, 3.8) is 0 Å². The lowest BCUT2D eigenvalue weighted by atomic mass is 10.1. The van der Waals surface area contributed by atoms with Crippen molar-refractivity contribution in [3.8, 4) is 5.75 Å². The van der Waals surface area contributed by atoms with E-state index >= 15 is 0 Å². The molecule has 2 N–H and O–H groups in total. The van der Waals surface area contributed by atoms with E-state index in [-0.39, 0.29) is 17.6 Å². The summed E-state index contributed by atoms with van der Waals surface area (Å²) in [4.78, 5) is 22.6. The number of hydrazone groups is 1. The van der Waals surface area contributed by atoms with Crippen LogP contribution in [0.4, 0.5) is 4.39 Å². The summed E-state index contributed by atoms with van der Waals surface area (Å²) in [6.07, 6.45) is 1.88. The molecule has 1 aliphatic heterocycles. The Bertz CT molecular complexity index is 558. The molecule has 0 spiro atoms. The Morgan fingerprint density at radius 1 is 1.32 bits per heavy atom. The van der Waals surface area contributed by atoms with Crippen LogP contribution in [-0.4, -0.2) is 30.7 Å². The number of ether oxygens (including phenoxy) is 1. The van der Waals surface area contributed by atoms with Gasteiger partial charge in [0.15, 0.2) is 0 Å². The first-order chi connectivity index (χ1) is 10.6. The second kappa shape index (κ2) is 8.11. The maximum absolute atomic E-state index is 12.7. The van der Waals surface area contributed by atoms with Crippen LogP contribution in [0.3, 0.4) is 0 Å². The lowest BCUT2D eigenvalue weighted by Gasteiger charge is -2.12. The van der Waals surface area contributed by atoms with Gasteiger partial charge < -0.3 is 10.1 Å². The van der Waals surface area contributed by atoms with E-state index < -0.39 is 0 Å². The Morgan fingerprint density at radius 3 is 2.77 bits per heavy atom. The Hall–Kier alpha value is -2.44. The van der Waals surface area contributed by atoms with Crippen LogP contribution in [0.5, 0.6) is 5.75 Å². The fourth-order valence-corrected chi connectivity index (χ4v) is 1.93. The number of carbonyl (C=O) groups is 2. The Labute approximate surface area is 127 Å². The van der Waals surface area contributed by atoms with Crippen molar-refractivity contribution < 1.29 is 18.7 Å². The average Bonchev–Trinajstić information content (AvgIpc) is 2.53. The van der Waals surface area contributed by atoms with E-state index in [1.165, 1.54) is 24.3 Å². The Balaban J connectivity index is 1.58. The van der Waals surface area contributed by atoms with Crippen LogP contribution in [0, 0.1) is 5.82 Å². The summed E-state index contributed by atoms with van der Waals surface area (Å²) in [6, 6.07) is 5.70. The van der Waals surface area contributed by atoms with Crippen LogP contribution in [0.2, 0.25) is 0 Å². The molecular formula is C15H18FN3O3. The van der Waals surface area contributed by atoms with Crippen molar-refractivity contribution in [2.45, 2.75) is 25.7 Å². The van der Waals surface area contributed by atoms with Gasteiger partial charge in [0.05, 0.1) is 6.54 Å². The van der Waals surface area contributed by atoms with Gasteiger partial charge in [0.1, 0.15) is 18.2 Å². The fraction of sp³-hybridized carbons (Fsp3) is 0.400. The second-order valence-electron chi connectivity index (χ2n) is 4.87. The molecule has 1 heterocycles.